The lowest BCUT2D eigenvalue weighted by molar-refractivity contribution is -0.143. The van der Waals surface area contributed by atoms with Crippen LogP contribution in [0.3, 0.4) is 0 Å². The number of nitrogens with zero attached hydrogens (tertiary/aromatic N) is 2. The molecule has 1 unspecified atom stereocenters. The summed E-state index contributed by atoms with van der Waals surface area (Å²) in [6.45, 7) is 7.24. The van der Waals surface area contributed by atoms with Gasteiger partial charge in [-0.1, -0.05) is 19.3 Å². The largest absolute Gasteiger partial charge is 0.497 e. The van der Waals surface area contributed by atoms with Gasteiger partial charge in [0.05, 0.1) is 18.6 Å². The monoisotopic (exact) mass is 488 g/mol. The Morgan fingerprint density at radius 3 is 2.32 bits per heavy atom. The van der Waals surface area contributed by atoms with Crippen molar-refractivity contribution in [2.24, 2.45) is 0 Å². The highest BCUT2D eigenvalue weighted by Crippen LogP contribution is 2.45. The van der Waals surface area contributed by atoms with Crippen LogP contribution in [0, 0.1) is 0 Å². The van der Waals surface area contributed by atoms with E-state index in [2.05, 4.69) is 0 Å². The summed E-state index contributed by atoms with van der Waals surface area (Å²) in [5.41, 5.74) is -0.752. The third kappa shape index (κ3) is 5.18. The predicted molar refractivity (Wildman–Crippen MR) is 134 cm³/mol. The summed E-state index contributed by atoms with van der Waals surface area (Å²) in [6, 6.07) is 5.90. The van der Waals surface area contributed by atoms with E-state index in [9.17, 15) is 14.7 Å². The molecule has 0 spiro atoms. The van der Waals surface area contributed by atoms with Crippen molar-refractivity contribution >= 4 is 33.4 Å². The van der Waals surface area contributed by atoms with Crippen LogP contribution in [0.15, 0.2) is 23.6 Å². The molecular formula is C26H36N2O5S. The van der Waals surface area contributed by atoms with Gasteiger partial charge in [0.25, 0.3) is 0 Å². The first-order chi connectivity index (χ1) is 16.1. The molecule has 2 amide bonds. The Bertz CT molecular complexity index is 1030. The number of aliphatic hydroxyl groups is 1. The van der Waals surface area contributed by atoms with Gasteiger partial charge in [-0.2, -0.15) is 0 Å². The lowest BCUT2D eigenvalue weighted by atomic mass is 9.72. The molecule has 1 aromatic carbocycles. The van der Waals surface area contributed by atoms with Crippen molar-refractivity contribution < 1.29 is 24.2 Å². The second kappa shape index (κ2) is 9.74. The Morgan fingerprint density at radius 1 is 1.06 bits per heavy atom. The van der Waals surface area contributed by atoms with Crippen molar-refractivity contribution in [2.45, 2.75) is 70.0 Å². The van der Waals surface area contributed by atoms with Crippen LogP contribution in [-0.4, -0.2) is 71.4 Å². The summed E-state index contributed by atoms with van der Waals surface area (Å²) >= 11 is 1.59. The maximum absolute atomic E-state index is 14.0. The van der Waals surface area contributed by atoms with Crippen molar-refractivity contribution in [1.82, 2.24) is 9.80 Å². The molecule has 2 heterocycles. The zero-order valence-corrected chi connectivity index (χ0v) is 21.5. The Hall–Kier alpha value is -2.32. The highest BCUT2D eigenvalue weighted by molar-refractivity contribution is 7.17. The number of benzene rings is 1. The van der Waals surface area contributed by atoms with Crippen molar-refractivity contribution in [3.8, 4) is 5.75 Å². The zero-order valence-electron chi connectivity index (χ0n) is 20.6. The van der Waals surface area contributed by atoms with E-state index in [1.54, 1.807) is 23.3 Å². The molecule has 7 nitrogen and oxygen atoms in total. The molecular weight excluding hydrogens is 452 g/mol. The van der Waals surface area contributed by atoms with E-state index >= 15 is 0 Å². The van der Waals surface area contributed by atoms with Crippen LogP contribution in [0.5, 0.6) is 5.75 Å². The SMILES string of the molecule is COc1ccc2scc(C(C(=O)N3CCN(C(=O)OC(C)(C)C)CC3)C3(O)CCCCC3)c2c1. The summed E-state index contributed by atoms with van der Waals surface area (Å²) in [5, 5.41) is 14.8. The minimum absolute atomic E-state index is 0.0595. The number of methoxy groups -OCH3 is 1. The Balaban J connectivity index is 1.60. The molecule has 2 aliphatic rings. The zero-order chi connectivity index (χ0) is 24.5. The standard InChI is InChI=1S/C26H36N2O5S/c1-25(2,3)33-24(30)28-14-12-27(13-15-28)23(29)22(26(31)10-6-5-7-11-26)20-17-34-21-9-8-18(32-4)16-19(20)21/h8-9,16-17,22,31H,5-7,10-15H2,1-4H3. The molecule has 1 aliphatic carbocycles. The molecule has 186 valence electrons. The van der Waals surface area contributed by atoms with E-state index in [-0.39, 0.29) is 12.0 Å². The fraction of sp³-hybridized carbons (Fsp3) is 0.615. The highest BCUT2D eigenvalue weighted by Gasteiger charge is 2.46. The van der Waals surface area contributed by atoms with Gasteiger partial charge in [-0.05, 0) is 62.8 Å². The number of rotatable bonds is 4. The lowest BCUT2D eigenvalue weighted by Gasteiger charge is -2.42. The smallest absolute Gasteiger partial charge is 0.410 e. The number of hydrogen-bond acceptors (Lipinski definition) is 6. The fourth-order valence-electron chi connectivity index (χ4n) is 5.10. The summed E-state index contributed by atoms with van der Waals surface area (Å²) in [6.07, 6.45) is 3.79. The molecule has 0 bridgehead atoms. The van der Waals surface area contributed by atoms with E-state index in [0.29, 0.717) is 39.0 Å². The molecule has 1 N–H and O–H groups in total. The third-order valence-corrected chi connectivity index (χ3v) is 7.85. The number of ether oxygens (including phenoxy) is 2. The van der Waals surface area contributed by atoms with Crippen LogP contribution in [0.2, 0.25) is 0 Å². The van der Waals surface area contributed by atoms with Crippen LogP contribution >= 0.6 is 11.3 Å². The molecule has 4 rings (SSSR count). The number of fused-ring (bicyclic) bond motifs is 1. The Labute approximate surface area is 205 Å². The summed E-state index contributed by atoms with van der Waals surface area (Å²) < 4.78 is 12.0. The fourth-order valence-corrected chi connectivity index (χ4v) is 6.07. The molecule has 1 saturated carbocycles. The second-order valence-electron chi connectivity index (χ2n) is 10.4. The molecule has 34 heavy (non-hydrogen) atoms. The number of amides is 2. The van der Waals surface area contributed by atoms with Crippen molar-refractivity contribution in [2.75, 3.05) is 33.3 Å². The Kier molecular flexibility index (Phi) is 7.10. The van der Waals surface area contributed by atoms with Gasteiger partial charge in [0, 0.05) is 36.3 Å². The van der Waals surface area contributed by atoms with Gasteiger partial charge in [0.1, 0.15) is 11.4 Å². The molecule has 0 radical (unpaired) electrons. The lowest BCUT2D eigenvalue weighted by Crippen LogP contribution is -2.55. The minimum atomic E-state index is -1.07. The average Bonchev–Trinajstić information content (AvgIpc) is 3.21. The van der Waals surface area contributed by atoms with Gasteiger partial charge in [-0.15, -0.1) is 11.3 Å². The van der Waals surface area contributed by atoms with Gasteiger partial charge in [-0.3, -0.25) is 4.79 Å². The number of carbonyl (C=O) groups is 2. The van der Waals surface area contributed by atoms with Crippen molar-refractivity contribution in [3.05, 3.63) is 29.1 Å². The van der Waals surface area contributed by atoms with E-state index in [1.807, 2.05) is 49.3 Å². The molecule has 1 saturated heterocycles. The van der Waals surface area contributed by atoms with Gasteiger partial charge in [0.2, 0.25) is 5.91 Å². The van der Waals surface area contributed by atoms with Crippen LogP contribution in [0.25, 0.3) is 10.1 Å². The number of thiophene rings is 1. The van der Waals surface area contributed by atoms with E-state index < -0.39 is 17.1 Å². The van der Waals surface area contributed by atoms with Crippen LogP contribution < -0.4 is 4.74 Å². The first-order valence-corrected chi connectivity index (χ1v) is 13.0. The van der Waals surface area contributed by atoms with Gasteiger partial charge >= 0.3 is 6.09 Å². The maximum Gasteiger partial charge on any atom is 0.410 e. The summed E-state index contributed by atoms with van der Waals surface area (Å²) in [5.74, 6) is 0.0393. The molecule has 2 aromatic rings. The summed E-state index contributed by atoms with van der Waals surface area (Å²) in [7, 11) is 1.63. The van der Waals surface area contributed by atoms with E-state index in [1.165, 1.54) is 0 Å². The van der Waals surface area contributed by atoms with Crippen molar-refractivity contribution in [1.29, 1.82) is 0 Å². The number of piperazine rings is 1. The highest BCUT2D eigenvalue weighted by atomic mass is 32.1. The molecule has 8 heteroatoms. The summed E-state index contributed by atoms with van der Waals surface area (Å²) in [4.78, 5) is 29.9. The maximum atomic E-state index is 14.0. The predicted octanol–water partition coefficient (Wildman–Crippen LogP) is 4.77. The first-order valence-electron chi connectivity index (χ1n) is 12.2. The molecule has 1 atom stereocenters. The second-order valence-corrected chi connectivity index (χ2v) is 11.4. The third-order valence-electron chi connectivity index (χ3n) is 6.87. The van der Waals surface area contributed by atoms with E-state index in [0.717, 1.165) is 40.7 Å². The van der Waals surface area contributed by atoms with Crippen LogP contribution in [-0.2, 0) is 9.53 Å². The van der Waals surface area contributed by atoms with Crippen LogP contribution in [0.4, 0.5) is 4.79 Å². The first kappa shape index (κ1) is 24.8. The normalized spacial score (nSPS) is 19.7. The molecule has 1 aliphatic heterocycles. The average molecular weight is 489 g/mol. The van der Waals surface area contributed by atoms with Gasteiger partial charge in [0.15, 0.2) is 0 Å². The topological polar surface area (TPSA) is 79.3 Å². The quantitative estimate of drug-likeness (QED) is 0.671. The Morgan fingerprint density at radius 2 is 1.71 bits per heavy atom. The van der Waals surface area contributed by atoms with Crippen LogP contribution in [0.1, 0.15) is 64.4 Å². The minimum Gasteiger partial charge on any atom is -0.497 e. The van der Waals surface area contributed by atoms with Crippen molar-refractivity contribution in [3.63, 3.8) is 0 Å². The van der Waals surface area contributed by atoms with Gasteiger partial charge in [-0.25, -0.2) is 4.79 Å². The molecule has 2 fully saturated rings. The van der Waals surface area contributed by atoms with E-state index in [4.69, 9.17) is 9.47 Å². The van der Waals surface area contributed by atoms with Gasteiger partial charge < -0.3 is 24.4 Å². The number of carbonyl (C=O) groups excluding carboxylic acids is 2. The molecule has 1 aromatic heterocycles. The number of hydrogen-bond donors (Lipinski definition) is 1.